The molecule has 5 heteroatoms. The molecule has 2 fully saturated rings. The number of hydrogen-bond donors (Lipinski definition) is 0. The third kappa shape index (κ3) is 3.59. The molecule has 0 amide bonds. The minimum atomic E-state index is -1.33. The number of halogens is 4. The molecule has 146 valence electrons. The fourth-order valence-corrected chi connectivity index (χ4v) is 5.03. The summed E-state index contributed by atoms with van der Waals surface area (Å²) < 4.78 is 63.7. The maximum absolute atomic E-state index is 15.1. The molecule has 0 spiro atoms. The summed E-state index contributed by atoms with van der Waals surface area (Å²) in [7, 11) is 0. The van der Waals surface area contributed by atoms with Gasteiger partial charge in [0.15, 0.2) is 11.6 Å². The molecule has 2 saturated carbocycles. The summed E-state index contributed by atoms with van der Waals surface area (Å²) in [6.45, 7) is 3.98. The summed E-state index contributed by atoms with van der Waals surface area (Å²) in [6, 6.07) is 2.75. The van der Waals surface area contributed by atoms with Crippen molar-refractivity contribution in [1.82, 2.24) is 0 Å². The standard InChI is InChI=1S/C21H28F4O/c1-3-5-12-6-7-13-15(17(22)10-12)11-16(19(13)23)14-8-9-18(26-4-2)21(25)20(14)24/h8-9,12-13,15-17,19H,3-7,10-11H2,1-2H3. The smallest absolute Gasteiger partial charge is 0.200 e. The first-order chi connectivity index (χ1) is 12.5. The van der Waals surface area contributed by atoms with Crippen molar-refractivity contribution >= 4 is 0 Å². The Morgan fingerprint density at radius 1 is 1.00 bits per heavy atom. The Hall–Kier alpha value is -1.26. The first-order valence-electron chi connectivity index (χ1n) is 9.86. The van der Waals surface area contributed by atoms with E-state index in [-0.39, 0.29) is 24.3 Å². The fourth-order valence-electron chi connectivity index (χ4n) is 5.03. The number of fused-ring (bicyclic) bond motifs is 1. The second kappa shape index (κ2) is 8.18. The lowest BCUT2D eigenvalue weighted by Crippen LogP contribution is -2.22. The van der Waals surface area contributed by atoms with E-state index in [2.05, 4.69) is 6.92 Å². The average Bonchev–Trinajstić information content (AvgIpc) is 2.85. The van der Waals surface area contributed by atoms with Crippen molar-refractivity contribution in [3.8, 4) is 5.75 Å². The Bertz CT molecular complexity index is 620. The number of hydrogen-bond acceptors (Lipinski definition) is 1. The molecule has 0 saturated heterocycles. The van der Waals surface area contributed by atoms with Gasteiger partial charge < -0.3 is 4.74 Å². The lowest BCUT2D eigenvalue weighted by Gasteiger charge is -2.20. The van der Waals surface area contributed by atoms with Crippen LogP contribution in [0.15, 0.2) is 12.1 Å². The van der Waals surface area contributed by atoms with E-state index in [9.17, 15) is 13.2 Å². The fraction of sp³-hybridized carbons (Fsp3) is 0.714. The van der Waals surface area contributed by atoms with Gasteiger partial charge in [0.25, 0.3) is 0 Å². The van der Waals surface area contributed by atoms with Crippen LogP contribution in [-0.4, -0.2) is 19.0 Å². The maximum atomic E-state index is 15.1. The van der Waals surface area contributed by atoms with E-state index < -0.39 is 41.7 Å². The predicted molar refractivity (Wildman–Crippen MR) is 93.9 cm³/mol. The van der Waals surface area contributed by atoms with Crippen LogP contribution in [0.1, 0.15) is 63.9 Å². The molecule has 0 aliphatic heterocycles. The Kier molecular flexibility index (Phi) is 6.13. The molecule has 1 nitrogen and oxygen atoms in total. The van der Waals surface area contributed by atoms with Crippen molar-refractivity contribution in [2.45, 2.75) is 70.6 Å². The zero-order chi connectivity index (χ0) is 18.8. The molecule has 0 heterocycles. The third-order valence-electron chi connectivity index (χ3n) is 6.27. The van der Waals surface area contributed by atoms with Crippen LogP contribution in [-0.2, 0) is 0 Å². The van der Waals surface area contributed by atoms with Gasteiger partial charge in [-0.2, -0.15) is 4.39 Å². The van der Waals surface area contributed by atoms with E-state index >= 15 is 4.39 Å². The second-order valence-corrected chi connectivity index (χ2v) is 7.81. The zero-order valence-corrected chi connectivity index (χ0v) is 15.5. The summed E-state index contributed by atoms with van der Waals surface area (Å²) in [6.07, 6.45) is 1.76. The van der Waals surface area contributed by atoms with Crippen LogP contribution in [0.25, 0.3) is 0 Å². The van der Waals surface area contributed by atoms with Gasteiger partial charge in [-0.3, -0.25) is 0 Å². The van der Waals surface area contributed by atoms with Crippen LogP contribution < -0.4 is 4.74 Å². The Morgan fingerprint density at radius 2 is 1.77 bits per heavy atom. The van der Waals surface area contributed by atoms with E-state index in [1.54, 1.807) is 6.92 Å². The van der Waals surface area contributed by atoms with Crippen molar-refractivity contribution < 1.29 is 22.3 Å². The molecule has 26 heavy (non-hydrogen) atoms. The van der Waals surface area contributed by atoms with E-state index in [0.717, 1.165) is 19.3 Å². The molecule has 2 aliphatic carbocycles. The molecular formula is C21H28F4O. The lowest BCUT2D eigenvalue weighted by atomic mass is 9.89. The van der Waals surface area contributed by atoms with Gasteiger partial charge in [0, 0.05) is 5.92 Å². The van der Waals surface area contributed by atoms with Crippen molar-refractivity contribution in [2.24, 2.45) is 17.8 Å². The van der Waals surface area contributed by atoms with Crippen LogP contribution in [0.5, 0.6) is 5.75 Å². The molecule has 3 rings (SSSR count). The average molecular weight is 372 g/mol. The summed E-state index contributed by atoms with van der Waals surface area (Å²) in [5.74, 6) is -3.57. The minimum absolute atomic E-state index is 0.0174. The molecule has 0 aromatic heterocycles. The van der Waals surface area contributed by atoms with Gasteiger partial charge >= 0.3 is 0 Å². The molecule has 1 aromatic rings. The summed E-state index contributed by atoms with van der Waals surface area (Å²) in [5.41, 5.74) is 0.0174. The van der Waals surface area contributed by atoms with Crippen molar-refractivity contribution in [2.75, 3.05) is 6.61 Å². The summed E-state index contributed by atoms with van der Waals surface area (Å²) >= 11 is 0. The van der Waals surface area contributed by atoms with Gasteiger partial charge in [-0.15, -0.1) is 0 Å². The molecule has 6 atom stereocenters. The molecule has 2 aliphatic rings. The monoisotopic (exact) mass is 372 g/mol. The van der Waals surface area contributed by atoms with Crippen LogP contribution in [0.2, 0.25) is 0 Å². The van der Waals surface area contributed by atoms with E-state index in [1.165, 1.54) is 12.1 Å². The van der Waals surface area contributed by atoms with Crippen LogP contribution in [0.3, 0.4) is 0 Å². The first-order valence-corrected chi connectivity index (χ1v) is 9.86. The SMILES string of the molecule is CCCC1CCC2C(F)C(c3ccc(OCC)c(F)c3F)CC2C(F)C1. The van der Waals surface area contributed by atoms with Gasteiger partial charge in [0.2, 0.25) is 5.82 Å². The Balaban J connectivity index is 1.81. The topological polar surface area (TPSA) is 9.23 Å². The Labute approximate surface area is 153 Å². The highest BCUT2D eigenvalue weighted by Crippen LogP contribution is 2.52. The van der Waals surface area contributed by atoms with Crippen LogP contribution in [0.4, 0.5) is 17.6 Å². The Morgan fingerprint density at radius 3 is 2.46 bits per heavy atom. The third-order valence-corrected chi connectivity index (χ3v) is 6.27. The van der Waals surface area contributed by atoms with Gasteiger partial charge in [-0.05, 0) is 62.0 Å². The molecule has 1 aromatic carbocycles. The quantitative estimate of drug-likeness (QED) is 0.547. The maximum Gasteiger partial charge on any atom is 0.200 e. The number of benzene rings is 1. The first kappa shape index (κ1) is 19.5. The highest BCUT2D eigenvalue weighted by Gasteiger charge is 2.49. The summed E-state index contributed by atoms with van der Waals surface area (Å²) in [5, 5.41) is 0. The highest BCUT2D eigenvalue weighted by molar-refractivity contribution is 5.34. The zero-order valence-electron chi connectivity index (χ0n) is 15.5. The number of alkyl halides is 2. The largest absolute Gasteiger partial charge is 0.491 e. The van der Waals surface area contributed by atoms with Gasteiger partial charge in [-0.25, -0.2) is 13.2 Å². The van der Waals surface area contributed by atoms with Crippen molar-refractivity contribution in [3.63, 3.8) is 0 Å². The van der Waals surface area contributed by atoms with Crippen molar-refractivity contribution in [3.05, 3.63) is 29.3 Å². The van der Waals surface area contributed by atoms with Crippen LogP contribution in [0, 0.1) is 29.4 Å². The molecule has 0 N–H and O–H groups in total. The van der Waals surface area contributed by atoms with Gasteiger partial charge in [-0.1, -0.05) is 25.8 Å². The normalized spacial score (nSPS) is 34.4. The molecular weight excluding hydrogens is 344 g/mol. The van der Waals surface area contributed by atoms with E-state index in [1.807, 2.05) is 0 Å². The molecule has 0 radical (unpaired) electrons. The lowest BCUT2D eigenvalue weighted by molar-refractivity contribution is 0.147. The summed E-state index contributed by atoms with van der Waals surface area (Å²) in [4.78, 5) is 0. The van der Waals surface area contributed by atoms with E-state index in [4.69, 9.17) is 4.74 Å². The highest BCUT2D eigenvalue weighted by atomic mass is 19.2. The molecule has 6 unspecified atom stereocenters. The van der Waals surface area contributed by atoms with Crippen molar-refractivity contribution in [1.29, 1.82) is 0 Å². The predicted octanol–water partition coefficient (Wildman–Crippen LogP) is 6.36. The van der Waals surface area contributed by atoms with E-state index in [0.29, 0.717) is 18.8 Å². The second-order valence-electron chi connectivity index (χ2n) is 7.81. The molecule has 0 bridgehead atoms. The number of rotatable bonds is 5. The number of ether oxygens (including phenoxy) is 1. The van der Waals surface area contributed by atoms with Crippen LogP contribution >= 0.6 is 0 Å². The van der Waals surface area contributed by atoms with Gasteiger partial charge in [0.1, 0.15) is 12.3 Å². The minimum Gasteiger partial charge on any atom is -0.491 e. The van der Waals surface area contributed by atoms with Gasteiger partial charge in [0.05, 0.1) is 6.61 Å².